The average molecular weight is 504 g/mol. The molecule has 2 aromatic carbocycles. The second kappa shape index (κ2) is 12.2. The van der Waals surface area contributed by atoms with Crippen molar-refractivity contribution < 1.29 is 14.4 Å². The number of benzene rings is 2. The van der Waals surface area contributed by atoms with Gasteiger partial charge in [-0.25, -0.2) is 0 Å². The molecule has 0 aromatic heterocycles. The Morgan fingerprint density at radius 2 is 1.65 bits per heavy atom. The van der Waals surface area contributed by atoms with Crippen LogP contribution in [0, 0.1) is 37.0 Å². The zero-order chi connectivity index (χ0) is 27.3. The summed E-state index contributed by atoms with van der Waals surface area (Å²) < 4.78 is 0. The minimum Gasteiger partial charge on any atom is -0.332 e. The molecule has 2 aromatic rings. The maximum absolute atomic E-state index is 14.0. The van der Waals surface area contributed by atoms with Crippen LogP contribution >= 0.6 is 0 Å². The van der Waals surface area contributed by atoms with Gasteiger partial charge in [-0.3, -0.25) is 14.4 Å². The Kier molecular flexibility index (Phi) is 9.50. The lowest BCUT2D eigenvalue weighted by atomic mass is 9.79. The van der Waals surface area contributed by atoms with Gasteiger partial charge in [0.15, 0.2) is 11.6 Å². The van der Waals surface area contributed by atoms with E-state index in [0.29, 0.717) is 31.7 Å². The molecule has 3 atom stereocenters. The van der Waals surface area contributed by atoms with Crippen molar-refractivity contribution in [3.63, 3.8) is 0 Å². The van der Waals surface area contributed by atoms with Crippen LogP contribution in [0.25, 0.3) is 0 Å². The number of hydrogen-bond acceptors (Lipinski definition) is 3. The van der Waals surface area contributed by atoms with E-state index in [9.17, 15) is 14.4 Å². The lowest BCUT2D eigenvalue weighted by Gasteiger charge is -2.35. The first-order valence-electron chi connectivity index (χ1n) is 13.9. The number of carbonyl (C=O) groups excluding carboxylic acids is 3. The number of rotatable bonds is 11. The Hall–Kier alpha value is -2.75. The van der Waals surface area contributed by atoms with Gasteiger partial charge in [-0.05, 0) is 67.1 Å². The highest BCUT2D eigenvalue weighted by Crippen LogP contribution is 2.39. The minimum absolute atomic E-state index is 0.00293. The fourth-order valence-electron chi connectivity index (χ4n) is 5.72. The molecule has 3 unspecified atom stereocenters. The molecule has 4 heteroatoms. The van der Waals surface area contributed by atoms with E-state index in [1.807, 2.05) is 62.1 Å². The third kappa shape index (κ3) is 6.97. The largest absolute Gasteiger partial charge is 0.332 e. The summed E-state index contributed by atoms with van der Waals surface area (Å²) in [5, 5.41) is 0. The second-order valence-electron chi connectivity index (χ2n) is 12.2. The number of carbonyl (C=O) groups is 3. The van der Waals surface area contributed by atoms with Crippen LogP contribution in [0.4, 0.5) is 0 Å². The third-order valence-corrected chi connectivity index (χ3v) is 8.40. The maximum Gasteiger partial charge on any atom is 0.226 e. The Balaban J connectivity index is 1.87. The lowest BCUT2D eigenvalue weighted by Crippen LogP contribution is -2.49. The fourth-order valence-corrected chi connectivity index (χ4v) is 5.72. The van der Waals surface area contributed by atoms with E-state index in [2.05, 4.69) is 39.8 Å². The SMILES string of the molecule is Cc1cccc(C(=O)CC(Cc2ccccc2)C(C)C(=O)N2CCC(C)(C)C2C(=O)CCC(C)C)c1C. The van der Waals surface area contributed by atoms with Crippen LogP contribution in [0.5, 0.6) is 0 Å². The molecule has 0 saturated carbocycles. The van der Waals surface area contributed by atoms with Gasteiger partial charge >= 0.3 is 0 Å². The zero-order valence-electron chi connectivity index (χ0n) is 23.8. The minimum atomic E-state index is -0.395. The van der Waals surface area contributed by atoms with Crippen LogP contribution in [-0.2, 0) is 16.0 Å². The summed E-state index contributed by atoms with van der Waals surface area (Å²) in [7, 11) is 0. The number of Topliss-reactive ketones (excluding diaryl/α,β-unsaturated/α-hetero) is 2. The summed E-state index contributed by atoms with van der Waals surface area (Å²) in [5.41, 5.74) is 3.71. The number of hydrogen-bond donors (Lipinski definition) is 0. The van der Waals surface area contributed by atoms with Crippen LogP contribution in [0.15, 0.2) is 48.5 Å². The van der Waals surface area contributed by atoms with Gasteiger partial charge in [0.1, 0.15) is 0 Å². The number of likely N-dealkylation sites (tertiary alicyclic amines) is 1. The van der Waals surface area contributed by atoms with Gasteiger partial charge in [-0.1, -0.05) is 83.1 Å². The first-order chi connectivity index (χ1) is 17.4. The Bertz CT molecular complexity index is 1100. The standard InChI is InChI=1S/C33H45NO3/c1-22(2)16-17-29(35)31-33(6,7)18-19-34(31)32(37)25(5)27(20-26-13-9-8-10-14-26)21-30(36)28-15-11-12-23(3)24(28)4/h8-15,22,25,27,31H,16-21H2,1-7H3. The number of amides is 1. The number of nitrogens with zero attached hydrogens (tertiary/aromatic N) is 1. The van der Waals surface area contributed by atoms with E-state index in [1.165, 1.54) is 0 Å². The summed E-state index contributed by atoms with van der Waals surface area (Å²) in [6.45, 7) is 15.0. The normalized spacial score (nSPS) is 18.6. The molecule has 3 rings (SSSR count). The molecular weight excluding hydrogens is 458 g/mol. The van der Waals surface area contributed by atoms with E-state index in [0.717, 1.165) is 35.1 Å². The molecule has 1 heterocycles. The van der Waals surface area contributed by atoms with E-state index >= 15 is 0 Å². The Morgan fingerprint density at radius 1 is 0.973 bits per heavy atom. The van der Waals surface area contributed by atoms with Crippen molar-refractivity contribution in [2.75, 3.05) is 6.54 Å². The average Bonchev–Trinajstić information content (AvgIpc) is 3.18. The van der Waals surface area contributed by atoms with Crippen molar-refractivity contribution in [2.24, 2.45) is 23.2 Å². The molecular formula is C33H45NO3. The molecule has 0 aliphatic carbocycles. The second-order valence-corrected chi connectivity index (χ2v) is 12.2. The van der Waals surface area contributed by atoms with Crippen molar-refractivity contribution in [3.05, 3.63) is 70.8 Å². The summed E-state index contributed by atoms with van der Waals surface area (Å²) in [6.07, 6.45) is 3.10. The van der Waals surface area contributed by atoms with E-state index < -0.39 is 6.04 Å². The van der Waals surface area contributed by atoms with Gasteiger partial charge in [0.05, 0.1) is 6.04 Å². The van der Waals surface area contributed by atoms with Crippen LogP contribution < -0.4 is 0 Å². The van der Waals surface area contributed by atoms with Crippen LogP contribution in [0.2, 0.25) is 0 Å². The maximum atomic E-state index is 14.0. The summed E-state index contributed by atoms with van der Waals surface area (Å²) in [5.74, 6) is 0.169. The molecule has 0 spiro atoms. The molecule has 1 saturated heterocycles. The van der Waals surface area contributed by atoms with Gasteiger partial charge in [0.2, 0.25) is 5.91 Å². The number of aryl methyl sites for hydroxylation is 1. The predicted octanol–water partition coefficient (Wildman–Crippen LogP) is 7.00. The highest BCUT2D eigenvalue weighted by molar-refractivity contribution is 5.98. The summed E-state index contributed by atoms with van der Waals surface area (Å²) >= 11 is 0. The van der Waals surface area contributed by atoms with Crippen LogP contribution in [-0.4, -0.2) is 35.0 Å². The first-order valence-corrected chi connectivity index (χ1v) is 13.9. The topological polar surface area (TPSA) is 54.5 Å². The van der Waals surface area contributed by atoms with Crippen molar-refractivity contribution >= 4 is 17.5 Å². The van der Waals surface area contributed by atoms with Crippen molar-refractivity contribution in [2.45, 2.75) is 86.6 Å². The molecule has 37 heavy (non-hydrogen) atoms. The molecule has 200 valence electrons. The van der Waals surface area contributed by atoms with Crippen molar-refractivity contribution in [3.8, 4) is 0 Å². The molecule has 0 radical (unpaired) electrons. The fraction of sp³-hybridized carbons (Fsp3) is 0.545. The number of ketones is 2. The van der Waals surface area contributed by atoms with Gasteiger partial charge in [-0.2, -0.15) is 0 Å². The molecule has 4 nitrogen and oxygen atoms in total. The lowest BCUT2D eigenvalue weighted by molar-refractivity contribution is -0.143. The molecule has 1 aliphatic heterocycles. The molecule has 1 fully saturated rings. The molecule has 1 amide bonds. The zero-order valence-corrected chi connectivity index (χ0v) is 23.8. The first kappa shape index (κ1) is 28.8. The third-order valence-electron chi connectivity index (χ3n) is 8.40. The highest BCUT2D eigenvalue weighted by atomic mass is 16.2. The molecule has 1 aliphatic rings. The summed E-state index contributed by atoms with van der Waals surface area (Å²) in [6, 6.07) is 15.5. The van der Waals surface area contributed by atoms with Gasteiger partial charge in [-0.15, -0.1) is 0 Å². The summed E-state index contributed by atoms with van der Waals surface area (Å²) in [4.78, 5) is 42.7. The van der Waals surface area contributed by atoms with Gasteiger partial charge in [0.25, 0.3) is 0 Å². The Morgan fingerprint density at radius 3 is 2.30 bits per heavy atom. The highest BCUT2D eigenvalue weighted by Gasteiger charge is 2.47. The molecule has 0 bridgehead atoms. The van der Waals surface area contributed by atoms with Gasteiger partial charge in [0, 0.05) is 30.9 Å². The Labute approximate surface area is 223 Å². The van der Waals surface area contributed by atoms with Crippen molar-refractivity contribution in [1.29, 1.82) is 0 Å². The van der Waals surface area contributed by atoms with E-state index in [1.54, 1.807) is 0 Å². The quantitative estimate of drug-likeness (QED) is 0.310. The van der Waals surface area contributed by atoms with E-state index in [-0.39, 0.29) is 34.7 Å². The van der Waals surface area contributed by atoms with E-state index in [4.69, 9.17) is 0 Å². The van der Waals surface area contributed by atoms with Crippen LogP contribution in [0.3, 0.4) is 0 Å². The monoisotopic (exact) mass is 503 g/mol. The van der Waals surface area contributed by atoms with Crippen LogP contribution in [0.1, 0.15) is 87.4 Å². The molecule has 0 N–H and O–H groups in total. The predicted molar refractivity (Wildman–Crippen MR) is 151 cm³/mol. The van der Waals surface area contributed by atoms with Gasteiger partial charge < -0.3 is 4.90 Å². The smallest absolute Gasteiger partial charge is 0.226 e. The van der Waals surface area contributed by atoms with Crippen molar-refractivity contribution in [1.82, 2.24) is 4.90 Å².